The topological polar surface area (TPSA) is 33.7 Å². The molecule has 1 heterocycles. The number of hydrogen-bond acceptors (Lipinski definition) is 4. The van der Waals surface area contributed by atoms with Gasteiger partial charge < -0.3 is 14.8 Å². The summed E-state index contributed by atoms with van der Waals surface area (Å²) in [6.07, 6.45) is 6.71. The Morgan fingerprint density at radius 1 is 1.17 bits per heavy atom. The lowest BCUT2D eigenvalue weighted by molar-refractivity contribution is 0.0381. The summed E-state index contributed by atoms with van der Waals surface area (Å²) in [6, 6.07) is 0. The summed E-state index contributed by atoms with van der Waals surface area (Å²) in [5.74, 6) is 0. The molecule has 0 amide bonds. The van der Waals surface area contributed by atoms with Gasteiger partial charge in [0.15, 0.2) is 0 Å². The van der Waals surface area contributed by atoms with Crippen LogP contribution in [0, 0.1) is 0 Å². The van der Waals surface area contributed by atoms with Crippen molar-refractivity contribution in [3.63, 3.8) is 0 Å². The van der Waals surface area contributed by atoms with E-state index in [1.807, 2.05) is 0 Å². The van der Waals surface area contributed by atoms with Gasteiger partial charge in [0.1, 0.15) is 0 Å². The van der Waals surface area contributed by atoms with Crippen LogP contribution in [-0.4, -0.2) is 63.5 Å². The van der Waals surface area contributed by atoms with Gasteiger partial charge in [-0.15, -0.1) is 0 Å². The summed E-state index contributed by atoms with van der Waals surface area (Å²) in [4.78, 5) is 2.72. The minimum Gasteiger partial charge on any atom is -0.382 e. The zero-order valence-corrected chi connectivity index (χ0v) is 11.7. The van der Waals surface area contributed by atoms with E-state index < -0.39 is 0 Å². The highest BCUT2D eigenvalue weighted by atomic mass is 16.5. The maximum absolute atomic E-state index is 5.55. The summed E-state index contributed by atoms with van der Waals surface area (Å²) < 4.78 is 10.5. The molecule has 4 heteroatoms. The molecule has 0 unspecified atom stereocenters. The molecule has 1 aliphatic heterocycles. The smallest absolute Gasteiger partial charge is 0.0700 e. The molecule has 2 rings (SSSR count). The van der Waals surface area contributed by atoms with E-state index in [-0.39, 0.29) is 0 Å². The number of methoxy groups -OCH3 is 1. The van der Waals surface area contributed by atoms with Crippen LogP contribution in [0.4, 0.5) is 0 Å². The SMILES string of the molecule is COCCOCCCN1CCNCC12CCCC2. The van der Waals surface area contributed by atoms with E-state index in [1.165, 1.54) is 45.3 Å². The van der Waals surface area contributed by atoms with Crippen LogP contribution in [0.2, 0.25) is 0 Å². The van der Waals surface area contributed by atoms with Crippen molar-refractivity contribution in [2.45, 2.75) is 37.6 Å². The van der Waals surface area contributed by atoms with E-state index in [0.29, 0.717) is 12.1 Å². The second-order valence-electron chi connectivity index (χ2n) is 5.55. The lowest BCUT2D eigenvalue weighted by atomic mass is 9.92. The normalized spacial score (nSPS) is 23.8. The monoisotopic (exact) mass is 256 g/mol. The fraction of sp³-hybridized carbons (Fsp3) is 1.00. The molecule has 1 spiro atoms. The first-order chi connectivity index (χ1) is 8.87. The predicted molar refractivity (Wildman–Crippen MR) is 73.0 cm³/mol. The number of ether oxygens (including phenoxy) is 2. The highest BCUT2D eigenvalue weighted by Gasteiger charge is 2.40. The van der Waals surface area contributed by atoms with Gasteiger partial charge in [-0.3, -0.25) is 4.90 Å². The molecule has 2 aliphatic rings. The van der Waals surface area contributed by atoms with Gasteiger partial charge in [0, 0.05) is 45.4 Å². The molecule has 0 radical (unpaired) electrons. The molecule has 1 saturated carbocycles. The van der Waals surface area contributed by atoms with Crippen molar-refractivity contribution >= 4 is 0 Å². The molecular weight excluding hydrogens is 228 g/mol. The number of piperazine rings is 1. The average Bonchev–Trinajstić information content (AvgIpc) is 2.85. The molecule has 0 aromatic carbocycles. The van der Waals surface area contributed by atoms with E-state index in [0.717, 1.165) is 26.2 Å². The quantitative estimate of drug-likeness (QED) is 0.695. The fourth-order valence-corrected chi connectivity index (χ4v) is 3.36. The third kappa shape index (κ3) is 3.67. The second-order valence-corrected chi connectivity index (χ2v) is 5.55. The summed E-state index contributed by atoms with van der Waals surface area (Å²) in [6.45, 7) is 7.03. The van der Waals surface area contributed by atoms with Crippen LogP contribution in [0.3, 0.4) is 0 Å². The van der Waals surface area contributed by atoms with Gasteiger partial charge in [0.05, 0.1) is 13.2 Å². The van der Waals surface area contributed by atoms with Gasteiger partial charge in [-0.05, 0) is 19.3 Å². The Morgan fingerprint density at radius 3 is 2.78 bits per heavy atom. The summed E-state index contributed by atoms with van der Waals surface area (Å²) in [7, 11) is 1.72. The van der Waals surface area contributed by atoms with Crippen molar-refractivity contribution in [3.05, 3.63) is 0 Å². The Labute approximate surface area is 111 Å². The third-order valence-electron chi connectivity index (χ3n) is 4.37. The Balaban J connectivity index is 1.66. The molecule has 1 N–H and O–H groups in total. The molecular formula is C14H28N2O2. The summed E-state index contributed by atoms with van der Waals surface area (Å²) >= 11 is 0. The van der Waals surface area contributed by atoms with Crippen molar-refractivity contribution < 1.29 is 9.47 Å². The second kappa shape index (κ2) is 7.43. The molecule has 1 saturated heterocycles. The predicted octanol–water partition coefficient (Wildman–Crippen LogP) is 1.26. The van der Waals surface area contributed by atoms with Gasteiger partial charge >= 0.3 is 0 Å². The van der Waals surface area contributed by atoms with Gasteiger partial charge in [0.25, 0.3) is 0 Å². The number of hydrogen-bond donors (Lipinski definition) is 1. The van der Waals surface area contributed by atoms with E-state index in [4.69, 9.17) is 9.47 Å². The molecule has 106 valence electrons. The number of nitrogens with zero attached hydrogens (tertiary/aromatic N) is 1. The molecule has 0 atom stereocenters. The van der Waals surface area contributed by atoms with E-state index in [2.05, 4.69) is 10.2 Å². The molecule has 2 fully saturated rings. The largest absolute Gasteiger partial charge is 0.382 e. The van der Waals surface area contributed by atoms with E-state index in [9.17, 15) is 0 Å². The summed E-state index contributed by atoms with van der Waals surface area (Å²) in [5, 5.41) is 3.58. The molecule has 1 aliphatic carbocycles. The number of rotatable bonds is 7. The first kappa shape index (κ1) is 14.3. The van der Waals surface area contributed by atoms with Gasteiger partial charge in [-0.25, -0.2) is 0 Å². The molecule has 0 aromatic heterocycles. The van der Waals surface area contributed by atoms with Crippen molar-refractivity contribution in [3.8, 4) is 0 Å². The first-order valence-corrected chi connectivity index (χ1v) is 7.40. The van der Waals surface area contributed by atoms with Gasteiger partial charge in [-0.1, -0.05) is 12.8 Å². The Bertz CT molecular complexity index is 230. The zero-order chi connectivity index (χ0) is 12.7. The molecule has 4 nitrogen and oxygen atoms in total. The van der Waals surface area contributed by atoms with Crippen LogP contribution >= 0.6 is 0 Å². The molecule has 0 aromatic rings. The van der Waals surface area contributed by atoms with E-state index in [1.54, 1.807) is 7.11 Å². The maximum Gasteiger partial charge on any atom is 0.0700 e. The fourth-order valence-electron chi connectivity index (χ4n) is 3.36. The first-order valence-electron chi connectivity index (χ1n) is 7.40. The zero-order valence-electron chi connectivity index (χ0n) is 11.7. The highest BCUT2D eigenvalue weighted by molar-refractivity contribution is 4.99. The van der Waals surface area contributed by atoms with Crippen molar-refractivity contribution in [1.82, 2.24) is 10.2 Å². The molecule has 0 bridgehead atoms. The Morgan fingerprint density at radius 2 is 2.00 bits per heavy atom. The summed E-state index contributed by atoms with van der Waals surface area (Å²) in [5.41, 5.74) is 0.477. The van der Waals surface area contributed by atoms with Crippen LogP contribution in [0.15, 0.2) is 0 Å². The van der Waals surface area contributed by atoms with Crippen LogP contribution in [0.5, 0.6) is 0 Å². The van der Waals surface area contributed by atoms with Crippen molar-refractivity contribution in [1.29, 1.82) is 0 Å². The van der Waals surface area contributed by atoms with Crippen LogP contribution in [0.25, 0.3) is 0 Å². The minimum absolute atomic E-state index is 0.477. The lowest BCUT2D eigenvalue weighted by Crippen LogP contribution is -2.60. The van der Waals surface area contributed by atoms with Crippen LogP contribution < -0.4 is 5.32 Å². The van der Waals surface area contributed by atoms with Gasteiger partial charge in [-0.2, -0.15) is 0 Å². The van der Waals surface area contributed by atoms with E-state index >= 15 is 0 Å². The number of nitrogens with one attached hydrogen (secondary N) is 1. The molecule has 18 heavy (non-hydrogen) atoms. The maximum atomic E-state index is 5.55. The van der Waals surface area contributed by atoms with Gasteiger partial charge in [0.2, 0.25) is 0 Å². The standard InChI is InChI=1S/C14H28N2O2/c1-17-11-12-18-10-4-8-16-9-7-15-13-14(16)5-2-3-6-14/h15H,2-13H2,1H3. The van der Waals surface area contributed by atoms with Crippen LogP contribution in [-0.2, 0) is 9.47 Å². The van der Waals surface area contributed by atoms with Crippen LogP contribution in [0.1, 0.15) is 32.1 Å². The highest BCUT2D eigenvalue weighted by Crippen LogP contribution is 2.35. The minimum atomic E-state index is 0.477. The Hall–Kier alpha value is -0.160. The average molecular weight is 256 g/mol. The third-order valence-corrected chi connectivity index (χ3v) is 4.37. The Kier molecular flexibility index (Phi) is 5.89. The lowest BCUT2D eigenvalue weighted by Gasteiger charge is -2.45. The van der Waals surface area contributed by atoms with Crippen molar-refractivity contribution in [2.75, 3.05) is 53.1 Å². The van der Waals surface area contributed by atoms with Crippen molar-refractivity contribution in [2.24, 2.45) is 0 Å².